The third-order valence-electron chi connectivity index (χ3n) is 2.27. The van der Waals surface area contributed by atoms with Gasteiger partial charge in [0.2, 0.25) is 0 Å². The monoisotopic (exact) mass is 141 g/mol. The van der Waals surface area contributed by atoms with Crippen LogP contribution in [0.4, 0.5) is 4.39 Å². The first-order valence-corrected chi connectivity index (χ1v) is 3.78. The van der Waals surface area contributed by atoms with Crippen LogP contribution in [-0.4, -0.2) is 12.2 Å². The fraction of sp³-hybridized carbons (Fsp3) is 0.875. The summed E-state index contributed by atoms with van der Waals surface area (Å²) in [6, 6.07) is 0. The van der Waals surface area contributed by atoms with E-state index in [1.807, 2.05) is 0 Å². The molecule has 0 spiro atoms. The molecule has 0 bridgehead atoms. The number of rotatable bonds is 1. The smallest absolute Gasteiger partial charge is 0.260 e. The van der Waals surface area contributed by atoms with Crippen LogP contribution in [0.1, 0.15) is 32.1 Å². The molecule has 0 aromatic carbocycles. The van der Waals surface area contributed by atoms with Crippen molar-refractivity contribution < 1.29 is 4.39 Å². The lowest BCUT2D eigenvalue weighted by atomic mass is 9.83. The summed E-state index contributed by atoms with van der Waals surface area (Å²) in [5, 5.41) is 0. The maximum Gasteiger partial charge on any atom is 0.260 e. The molecule has 2 heteroatoms. The van der Waals surface area contributed by atoms with Crippen LogP contribution in [0.3, 0.4) is 0 Å². The van der Waals surface area contributed by atoms with E-state index < -0.39 is 12.2 Å². The van der Waals surface area contributed by atoms with E-state index in [9.17, 15) is 4.39 Å². The van der Waals surface area contributed by atoms with Crippen LogP contribution < -0.4 is 0 Å². The second-order valence-corrected chi connectivity index (χ2v) is 3.03. The molecule has 0 radical (unpaired) electrons. The van der Waals surface area contributed by atoms with E-state index >= 15 is 0 Å². The van der Waals surface area contributed by atoms with Crippen LogP contribution in [0.25, 0.3) is 4.85 Å². The van der Waals surface area contributed by atoms with Gasteiger partial charge < -0.3 is 4.85 Å². The van der Waals surface area contributed by atoms with Crippen LogP contribution in [-0.2, 0) is 0 Å². The zero-order chi connectivity index (χ0) is 7.45. The van der Waals surface area contributed by atoms with Crippen LogP contribution in [0, 0.1) is 6.57 Å². The Kier molecular flexibility index (Phi) is 2.26. The highest BCUT2D eigenvalue weighted by atomic mass is 19.1. The number of hydrogen-bond donors (Lipinski definition) is 0. The Morgan fingerprint density at radius 1 is 1.30 bits per heavy atom. The summed E-state index contributed by atoms with van der Waals surface area (Å²) in [6.07, 6.45) is 4.79. The molecule has 1 saturated carbocycles. The third kappa shape index (κ3) is 1.29. The molecular formula is C8H12FN. The molecule has 0 aromatic heterocycles. The fourth-order valence-electron chi connectivity index (χ4n) is 1.49. The zero-order valence-corrected chi connectivity index (χ0v) is 6.07. The minimum atomic E-state index is -0.613. The summed E-state index contributed by atoms with van der Waals surface area (Å²) in [4.78, 5) is 3.37. The van der Waals surface area contributed by atoms with Crippen molar-refractivity contribution in [1.29, 1.82) is 0 Å². The topological polar surface area (TPSA) is 4.36 Å². The molecule has 1 aliphatic carbocycles. The number of nitrogens with zero attached hydrogens (tertiary/aromatic N) is 1. The van der Waals surface area contributed by atoms with Crippen LogP contribution in [0.5, 0.6) is 0 Å². The van der Waals surface area contributed by atoms with Crippen molar-refractivity contribution in [2.75, 3.05) is 6.67 Å². The summed E-state index contributed by atoms with van der Waals surface area (Å²) in [5.41, 5.74) is -0.613. The van der Waals surface area contributed by atoms with Crippen molar-refractivity contribution in [1.82, 2.24) is 0 Å². The molecule has 56 valence electrons. The average molecular weight is 141 g/mol. The summed E-state index contributed by atoms with van der Waals surface area (Å²) in [6.45, 7) is 6.38. The van der Waals surface area contributed by atoms with E-state index in [1.54, 1.807) is 0 Å². The van der Waals surface area contributed by atoms with Crippen molar-refractivity contribution in [3.8, 4) is 0 Å². The molecule has 1 fully saturated rings. The Morgan fingerprint density at radius 2 is 1.90 bits per heavy atom. The first-order chi connectivity index (χ1) is 4.83. The van der Waals surface area contributed by atoms with Crippen LogP contribution >= 0.6 is 0 Å². The van der Waals surface area contributed by atoms with Gasteiger partial charge in [0.25, 0.3) is 5.54 Å². The van der Waals surface area contributed by atoms with E-state index in [0.717, 1.165) is 25.7 Å². The molecule has 1 aliphatic rings. The molecule has 1 nitrogen and oxygen atoms in total. The van der Waals surface area contributed by atoms with Crippen molar-refractivity contribution in [2.45, 2.75) is 37.6 Å². The molecule has 0 unspecified atom stereocenters. The van der Waals surface area contributed by atoms with Gasteiger partial charge in [-0.25, -0.2) is 11.0 Å². The highest BCUT2D eigenvalue weighted by molar-refractivity contribution is 4.99. The molecule has 0 saturated heterocycles. The molecule has 0 N–H and O–H groups in total. The van der Waals surface area contributed by atoms with Crippen LogP contribution in [0.2, 0.25) is 0 Å². The Morgan fingerprint density at radius 3 is 2.20 bits per heavy atom. The van der Waals surface area contributed by atoms with Crippen molar-refractivity contribution in [3.63, 3.8) is 0 Å². The minimum absolute atomic E-state index is 0.448. The lowest BCUT2D eigenvalue weighted by Crippen LogP contribution is -2.29. The van der Waals surface area contributed by atoms with Gasteiger partial charge in [-0.3, -0.25) is 0 Å². The zero-order valence-electron chi connectivity index (χ0n) is 6.07. The molecule has 10 heavy (non-hydrogen) atoms. The SMILES string of the molecule is [C-]#[N+]C1(CF)CCCCC1. The van der Waals surface area contributed by atoms with Gasteiger partial charge in [-0.05, 0) is 12.8 Å². The van der Waals surface area contributed by atoms with Gasteiger partial charge in [-0.1, -0.05) is 6.42 Å². The molecule has 0 heterocycles. The quantitative estimate of drug-likeness (QED) is 0.494. The Bertz CT molecular complexity index is 142. The lowest BCUT2D eigenvalue weighted by Gasteiger charge is -2.22. The lowest BCUT2D eigenvalue weighted by molar-refractivity contribution is 0.272. The highest BCUT2D eigenvalue weighted by Gasteiger charge is 2.37. The first-order valence-electron chi connectivity index (χ1n) is 3.78. The average Bonchev–Trinajstić information content (AvgIpc) is 2.06. The largest absolute Gasteiger partial charge is 0.308 e. The third-order valence-corrected chi connectivity index (χ3v) is 2.27. The van der Waals surface area contributed by atoms with Gasteiger partial charge in [0.15, 0.2) is 6.67 Å². The predicted octanol–water partition coefficient (Wildman–Crippen LogP) is 2.58. The summed E-state index contributed by atoms with van der Waals surface area (Å²) in [5.74, 6) is 0. The number of hydrogen-bond acceptors (Lipinski definition) is 0. The molecule has 0 amide bonds. The second kappa shape index (κ2) is 3.01. The first kappa shape index (κ1) is 7.53. The van der Waals surface area contributed by atoms with E-state index in [1.165, 1.54) is 6.42 Å². The van der Waals surface area contributed by atoms with E-state index in [-0.39, 0.29) is 0 Å². The van der Waals surface area contributed by atoms with Crippen LogP contribution in [0.15, 0.2) is 0 Å². The normalized spacial score (nSPS) is 23.6. The molecule has 0 aromatic rings. The van der Waals surface area contributed by atoms with Gasteiger partial charge in [0.1, 0.15) is 0 Å². The molecule has 1 rings (SSSR count). The standard InChI is InChI=1S/C8H12FN/c1-10-8(7-9)5-3-2-4-6-8/h2-7H2. The number of halogens is 1. The molecular weight excluding hydrogens is 129 g/mol. The van der Waals surface area contributed by atoms with E-state index in [0.29, 0.717) is 0 Å². The highest BCUT2D eigenvalue weighted by Crippen LogP contribution is 2.31. The Hall–Kier alpha value is -0.580. The van der Waals surface area contributed by atoms with Crippen molar-refractivity contribution in [3.05, 3.63) is 11.4 Å². The Labute approximate surface area is 61.1 Å². The van der Waals surface area contributed by atoms with Crippen molar-refractivity contribution >= 4 is 0 Å². The summed E-state index contributed by atoms with van der Waals surface area (Å²) in [7, 11) is 0. The second-order valence-electron chi connectivity index (χ2n) is 3.03. The molecule has 0 atom stereocenters. The van der Waals surface area contributed by atoms with Gasteiger partial charge in [-0.2, -0.15) is 0 Å². The summed E-state index contributed by atoms with van der Waals surface area (Å²) < 4.78 is 12.3. The van der Waals surface area contributed by atoms with Gasteiger partial charge in [0, 0.05) is 12.8 Å². The maximum atomic E-state index is 12.3. The Balaban J connectivity index is 2.55. The molecule has 0 aliphatic heterocycles. The van der Waals surface area contributed by atoms with Gasteiger partial charge in [-0.15, -0.1) is 0 Å². The predicted molar refractivity (Wildman–Crippen MR) is 38.4 cm³/mol. The minimum Gasteiger partial charge on any atom is -0.308 e. The van der Waals surface area contributed by atoms with Gasteiger partial charge in [0.05, 0.1) is 0 Å². The van der Waals surface area contributed by atoms with Crippen molar-refractivity contribution in [2.24, 2.45) is 0 Å². The number of alkyl halides is 1. The van der Waals surface area contributed by atoms with Gasteiger partial charge >= 0.3 is 0 Å². The van der Waals surface area contributed by atoms with E-state index in [2.05, 4.69) is 4.85 Å². The van der Waals surface area contributed by atoms with E-state index in [4.69, 9.17) is 6.57 Å². The maximum absolute atomic E-state index is 12.3. The fourth-order valence-corrected chi connectivity index (χ4v) is 1.49. The summed E-state index contributed by atoms with van der Waals surface area (Å²) >= 11 is 0.